The summed E-state index contributed by atoms with van der Waals surface area (Å²) in [4.78, 5) is 13.2. The van der Waals surface area contributed by atoms with Gasteiger partial charge in [-0.25, -0.2) is 0 Å². The van der Waals surface area contributed by atoms with E-state index in [1.54, 1.807) is 4.90 Å². The van der Waals surface area contributed by atoms with E-state index in [1.165, 1.54) is 17.3 Å². The number of carbonyl (C=O) groups excluding carboxylic acids is 1. The average Bonchev–Trinajstić information content (AvgIpc) is 2.83. The fourth-order valence-corrected chi connectivity index (χ4v) is 2.63. The van der Waals surface area contributed by atoms with Gasteiger partial charge in [-0.1, -0.05) is 42.1 Å². The predicted octanol–water partition coefficient (Wildman–Crippen LogP) is 1.94. The molecule has 82 valence electrons. The first kappa shape index (κ1) is 9.72. The molecule has 16 heavy (non-hydrogen) atoms. The highest BCUT2D eigenvalue weighted by atomic mass is 32.2. The first-order chi connectivity index (χ1) is 7.83. The van der Waals surface area contributed by atoms with Gasteiger partial charge in [-0.15, -0.1) is 0 Å². The number of benzene rings is 1. The molecule has 1 aromatic rings. The number of thioether (sulfide) groups is 1. The molecule has 1 saturated heterocycles. The van der Waals surface area contributed by atoms with Crippen molar-refractivity contribution in [3.05, 3.63) is 35.9 Å². The Balaban J connectivity index is 1.72. The van der Waals surface area contributed by atoms with Crippen molar-refractivity contribution < 1.29 is 4.79 Å². The molecule has 0 radical (unpaired) electrons. The van der Waals surface area contributed by atoms with Crippen molar-refractivity contribution >= 4 is 22.8 Å². The summed E-state index contributed by atoms with van der Waals surface area (Å²) in [5.41, 5.74) is 1.22. The molecule has 1 aromatic carbocycles. The van der Waals surface area contributed by atoms with Crippen LogP contribution in [0.4, 0.5) is 4.79 Å². The zero-order valence-electron chi connectivity index (χ0n) is 8.67. The van der Waals surface area contributed by atoms with Gasteiger partial charge in [0.25, 0.3) is 5.24 Å². The zero-order chi connectivity index (χ0) is 11.0. The number of nitrogens with zero attached hydrogens (tertiary/aromatic N) is 3. The first-order valence-electron chi connectivity index (χ1n) is 5.13. The van der Waals surface area contributed by atoms with Gasteiger partial charge in [0, 0.05) is 0 Å². The van der Waals surface area contributed by atoms with Crippen LogP contribution in [0.25, 0.3) is 0 Å². The van der Waals surface area contributed by atoms with Gasteiger partial charge in [-0.2, -0.15) is 5.10 Å². The molecule has 0 unspecified atom stereocenters. The third-order valence-corrected chi connectivity index (χ3v) is 3.50. The number of carbonyl (C=O) groups is 1. The molecule has 0 atom stereocenters. The summed E-state index contributed by atoms with van der Waals surface area (Å²) in [6.07, 6.45) is 0. The first-order valence-corrected chi connectivity index (χ1v) is 6.12. The lowest BCUT2D eigenvalue weighted by Gasteiger charge is -2.15. The van der Waals surface area contributed by atoms with Crippen molar-refractivity contribution in [2.75, 3.05) is 12.4 Å². The SMILES string of the molecule is O=C1SCC2=NN(Cc3ccccc3)CN12. The molecule has 3 rings (SSSR count). The molecule has 2 aliphatic heterocycles. The second-order valence-corrected chi connectivity index (χ2v) is 4.72. The maximum atomic E-state index is 11.4. The van der Waals surface area contributed by atoms with E-state index < -0.39 is 0 Å². The highest BCUT2D eigenvalue weighted by Crippen LogP contribution is 2.25. The van der Waals surface area contributed by atoms with Gasteiger partial charge in [0.05, 0.1) is 12.3 Å². The van der Waals surface area contributed by atoms with E-state index in [9.17, 15) is 4.79 Å². The molecule has 1 amide bonds. The molecular formula is C11H11N3OS. The van der Waals surface area contributed by atoms with Gasteiger partial charge in [-0.05, 0) is 5.56 Å². The van der Waals surface area contributed by atoms with Crippen LogP contribution < -0.4 is 0 Å². The Hall–Kier alpha value is -1.49. The van der Waals surface area contributed by atoms with Crippen LogP contribution >= 0.6 is 11.8 Å². The number of hydrogen-bond donors (Lipinski definition) is 0. The molecule has 2 heterocycles. The summed E-state index contributed by atoms with van der Waals surface area (Å²) in [6.45, 7) is 1.36. The zero-order valence-corrected chi connectivity index (χ0v) is 9.48. The summed E-state index contributed by atoms with van der Waals surface area (Å²) in [5.74, 6) is 1.61. The standard InChI is InChI=1S/C11H11N3OS/c15-11-14-8-13(12-10(14)7-16-11)6-9-4-2-1-3-5-9/h1-5H,6-8H2. The molecular weight excluding hydrogens is 222 g/mol. The van der Waals surface area contributed by atoms with Gasteiger partial charge in [0.1, 0.15) is 12.5 Å². The Morgan fingerprint density at radius 3 is 2.88 bits per heavy atom. The topological polar surface area (TPSA) is 35.9 Å². The smallest absolute Gasteiger partial charge is 0.271 e. The maximum Gasteiger partial charge on any atom is 0.289 e. The van der Waals surface area contributed by atoms with Crippen molar-refractivity contribution in [2.24, 2.45) is 5.10 Å². The fourth-order valence-electron chi connectivity index (χ4n) is 1.85. The van der Waals surface area contributed by atoms with E-state index in [0.29, 0.717) is 12.4 Å². The van der Waals surface area contributed by atoms with Crippen molar-refractivity contribution in [3.63, 3.8) is 0 Å². The van der Waals surface area contributed by atoms with Crippen LogP contribution in [0.5, 0.6) is 0 Å². The molecule has 0 aliphatic carbocycles. The van der Waals surface area contributed by atoms with E-state index in [2.05, 4.69) is 17.2 Å². The van der Waals surface area contributed by atoms with Gasteiger partial charge in [0.2, 0.25) is 0 Å². The Kier molecular flexibility index (Phi) is 2.32. The Labute approximate surface area is 97.9 Å². The highest BCUT2D eigenvalue weighted by molar-refractivity contribution is 8.14. The fraction of sp³-hybridized carbons (Fsp3) is 0.273. The molecule has 0 saturated carbocycles. The van der Waals surface area contributed by atoms with E-state index >= 15 is 0 Å². The second kappa shape index (κ2) is 3.83. The summed E-state index contributed by atoms with van der Waals surface area (Å²) in [5, 5.41) is 6.48. The monoisotopic (exact) mass is 233 g/mol. The number of fused-ring (bicyclic) bond motifs is 1. The average molecular weight is 233 g/mol. The minimum atomic E-state index is 0.120. The van der Waals surface area contributed by atoms with Crippen molar-refractivity contribution in [2.45, 2.75) is 6.54 Å². The second-order valence-electron chi connectivity index (χ2n) is 3.79. The molecule has 4 nitrogen and oxygen atoms in total. The van der Waals surface area contributed by atoms with Crippen LogP contribution in [0, 0.1) is 0 Å². The van der Waals surface area contributed by atoms with Crippen molar-refractivity contribution in [1.82, 2.24) is 9.91 Å². The quantitative estimate of drug-likeness (QED) is 0.783. The van der Waals surface area contributed by atoms with Crippen LogP contribution in [0.1, 0.15) is 5.56 Å². The Bertz CT molecular complexity index is 446. The van der Waals surface area contributed by atoms with Crippen LogP contribution in [0.3, 0.4) is 0 Å². The van der Waals surface area contributed by atoms with E-state index in [-0.39, 0.29) is 5.24 Å². The van der Waals surface area contributed by atoms with Crippen molar-refractivity contribution in [1.29, 1.82) is 0 Å². The maximum absolute atomic E-state index is 11.4. The summed E-state index contributed by atoms with van der Waals surface area (Å²) < 4.78 is 0. The minimum Gasteiger partial charge on any atom is -0.271 e. The molecule has 2 aliphatic rings. The van der Waals surface area contributed by atoms with Gasteiger partial charge in [-0.3, -0.25) is 14.7 Å². The van der Waals surface area contributed by atoms with Crippen molar-refractivity contribution in [3.8, 4) is 0 Å². The molecule has 1 fully saturated rings. The number of hydrogen-bond acceptors (Lipinski definition) is 4. The van der Waals surface area contributed by atoms with Crippen LogP contribution in [-0.2, 0) is 6.54 Å². The van der Waals surface area contributed by atoms with Gasteiger partial charge in [0.15, 0.2) is 0 Å². The summed E-state index contributed by atoms with van der Waals surface area (Å²) in [7, 11) is 0. The molecule has 5 heteroatoms. The van der Waals surface area contributed by atoms with Gasteiger partial charge < -0.3 is 0 Å². The van der Waals surface area contributed by atoms with Crippen LogP contribution in [0.2, 0.25) is 0 Å². The third-order valence-electron chi connectivity index (χ3n) is 2.63. The molecule has 0 spiro atoms. The number of amidine groups is 1. The number of rotatable bonds is 2. The number of amides is 1. The van der Waals surface area contributed by atoms with Crippen LogP contribution in [0.15, 0.2) is 35.4 Å². The van der Waals surface area contributed by atoms with Gasteiger partial charge >= 0.3 is 0 Å². The summed E-state index contributed by atoms with van der Waals surface area (Å²) >= 11 is 1.33. The number of hydrazone groups is 1. The Morgan fingerprint density at radius 2 is 2.12 bits per heavy atom. The largest absolute Gasteiger partial charge is 0.289 e. The normalized spacial score (nSPS) is 19.0. The predicted molar refractivity (Wildman–Crippen MR) is 64.0 cm³/mol. The lowest BCUT2D eigenvalue weighted by Crippen LogP contribution is -2.29. The van der Waals surface area contributed by atoms with E-state index in [0.717, 1.165) is 12.4 Å². The van der Waals surface area contributed by atoms with E-state index in [1.807, 2.05) is 23.2 Å². The van der Waals surface area contributed by atoms with E-state index in [4.69, 9.17) is 0 Å². The molecule has 0 aromatic heterocycles. The molecule has 0 N–H and O–H groups in total. The minimum absolute atomic E-state index is 0.120. The Morgan fingerprint density at radius 1 is 1.31 bits per heavy atom. The third kappa shape index (κ3) is 1.67. The highest BCUT2D eigenvalue weighted by Gasteiger charge is 2.34. The lowest BCUT2D eigenvalue weighted by molar-refractivity contribution is 0.216. The summed E-state index contributed by atoms with van der Waals surface area (Å²) in [6, 6.07) is 10.2. The van der Waals surface area contributed by atoms with Crippen LogP contribution in [-0.4, -0.2) is 33.4 Å². The lowest BCUT2D eigenvalue weighted by atomic mass is 10.2. The molecule has 0 bridgehead atoms.